The van der Waals surface area contributed by atoms with E-state index in [9.17, 15) is 18.0 Å². The monoisotopic (exact) mass is 417 g/mol. The van der Waals surface area contributed by atoms with E-state index < -0.39 is 22.0 Å². The molecule has 7 nitrogen and oxygen atoms in total. The van der Waals surface area contributed by atoms with Crippen LogP contribution in [0, 0.1) is 5.92 Å². The number of hydrogen-bond donors (Lipinski definition) is 3. The van der Waals surface area contributed by atoms with Gasteiger partial charge in [-0.15, -0.1) is 0 Å². The summed E-state index contributed by atoms with van der Waals surface area (Å²) < 4.78 is 23.7. The number of aryl methyl sites for hydroxylation is 1. The lowest BCUT2D eigenvalue weighted by molar-refractivity contribution is -0.127. The zero-order valence-electron chi connectivity index (χ0n) is 16.8. The summed E-state index contributed by atoms with van der Waals surface area (Å²) in [6, 6.07) is 12.5. The van der Waals surface area contributed by atoms with E-state index in [1.165, 1.54) is 6.07 Å². The molecule has 0 aliphatic carbocycles. The molecule has 0 bridgehead atoms. The van der Waals surface area contributed by atoms with E-state index in [1.807, 2.05) is 26.8 Å². The molecule has 2 aromatic rings. The van der Waals surface area contributed by atoms with Crippen molar-refractivity contribution in [1.82, 2.24) is 5.32 Å². The molecule has 1 unspecified atom stereocenters. The highest BCUT2D eigenvalue weighted by Crippen LogP contribution is 2.22. The van der Waals surface area contributed by atoms with Crippen LogP contribution in [-0.2, 0) is 26.0 Å². The lowest BCUT2D eigenvalue weighted by atomic mass is 10.0. The third-order valence-electron chi connectivity index (χ3n) is 4.32. The molecule has 0 aliphatic heterocycles. The van der Waals surface area contributed by atoms with E-state index >= 15 is 0 Å². The highest BCUT2D eigenvalue weighted by molar-refractivity contribution is 7.89. The van der Waals surface area contributed by atoms with Crippen LogP contribution in [0.1, 0.15) is 44.4 Å². The molecule has 2 aromatic carbocycles. The molecule has 1 atom stereocenters. The van der Waals surface area contributed by atoms with Crippen molar-refractivity contribution in [3.05, 3.63) is 59.7 Å². The topological polar surface area (TPSA) is 118 Å². The lowest BCUT2D eigenvalue weighted by Crippen LogP contribution is -2.37. The molecule has 0 spiro atoms. The van der Waals surface area contributed by atoms with Gasteiger partial charge < -0.3 is 10.6 Å². The minimum absolute atomic E-state index is 0.0297. The van der Waals surface area contributed by atoms with Crippen molar-refractivity contribution in [2.45, 2.75) is 44.6 Å². The first kappa shape index (κ1) is 22.6. The van der Waals surface area contributed by atoms with Gasteiger partial charge in [-0.25, -0.2) is 13.6 Å². The van der Waals surface area contributed by atoms with Gasteiger partial charge in [0, 0.05) is 12.1 Å². The summed E-state index contributed by atoms with van der Waals surface area (Å²) in [6.45, 7) is 5.65. The van der Waals surface area contributed by atoms with Gasteiger partial charge >= 0.3 is 0 Å². The SMILES string of the molecule is CCc1ccc(NC(=O)C(NC(=O)CC(C)C)c2ccccc2)cc1S(N)(=O)=O. The second-order valence-corrected chi connectivity index (χ2v) is 8.75. The molecule has 0 saturated carbocycles. The van der Waals surface area contributed by atoms with Crippen LogP contribution in [0.4, 0.5) is 5.69 Å². The summed E-state index contributed by atoms with van der Waals surface area (Å²) in [5.74, 6) is -0.568. The van der Waals surface area contributed by atoms with Crippen LogP contribution in [0.15, 0.2) is 53.4 Å². The Bertz CT molecular complexity index is 973. The molecule has 29 heavy (non-hydrogen) atoms. The van der Waals surface area contributed by atoms with Gasteiger partial charge in [0.2, 0.25) is 15.9 Å². The van der Waals surface area contributed by atoms with Crippen molar-refractivity contribution < 1.29 is 18.0 Å². The Balaban J connectivity index is 2.31. The first-order chi connectivity index (χ1) is 13.6. The number of hydrogen-bond acceptors (Lipinski definition) is 4. The molecular weight excluding hydrogens is 390 g/mol. The van der Waals surface area contributed by atoms with Crippen molar-refractivity contribution >= 4 is 27.5 Å². The highest BCUT2D eigenvalue weighted by atomic mass is 32.2. The molecule has 2 amide bonds. The van der Waals surface area contributed by atoms with E-state index in [4.69, 9.17) is 5.14 Å². The maximum Gasteiger partial charge on any atom is 0.251 e. The standard InChI is InChI=1S/C21H27N3O4S/c1-4-15-10-11-17(13-18(15)29(22,27)28)23-21(26)20(16-8-6-5-7-9-16)24-19(25)12-14(2)3/h5-11,13-14,20H,4,12H2,1-3H3,(H,23,26)(H,24,25)(H2,22,27,28). The maximum absolute atomic E-state index is 12.9. The number of carbonyl (C=O) groups is 2. The molecule has 156 valence electrons. The zero-order valence-corrected chi connectivity index (χ0v) is 17.6. The largest absolute Gasteiger partial charge is 0.341 e. The molecule has 0 aromatic heterocycles. The Hall–Kier alpha value is -2.71. The van der Waals surface area contributed by atoms with Crippen LogP contribution in [0.25, 0.3) is 0 Å². The van der Waals surface area contributed by atoms with Crippen LogP contribution in [-0.4, -0.2) is 20.2 Å². The molecular formula is C21H27N3O4S. The zero-order chi connectivity index (χ0) is 21.6. The Morgan fingerprint density at radius 3 is 2.28 bits per heavy atom. The summed E-state index contributed by atoms with van der Waals surface area (Å²) in [6.07, 6.45) is 0.773. The molecule has 0 aliphatic rings. The first-order valence-electron chi connectivity index (χ1n) is 9.42. The van der Waals surface area contributed by atoms with E-state index in [2.05, 4.69) is 10.6 Å². The van der Waals surface area contributed by atoms with E-state index in [0.29, 0.717) is 17.5 Å². The van der Waals surface area contributed by atoms with Crippen molar-refractivity contribution in [2.24, 2.45) is 11.1 Å². The van der Waals surface area contributed by atoms with Crippen LogP contribution in [0.3, 0.4) is 0 Å². The molecule has 4 N–H and O–H groups in total. The molecule has 0 saturated heterocycles. The minimum atomic E-state index is -3.93. The number of benzene rings is 2. The number of sulfonamides is 1. The Morgan fingerprint density at radius 2 is 1.72 bits per heavy atom. The summed E-state index contributed by atoms with van der Waals surface area (Å²) in [5, 5.41) is 10.7. The van der Waals surface area contributed by atoms with Crippen molar-refractivity contribution in [3.63, 3.8) is 0 Å². The van der Waals surface area contributed by atoms with Gasteiger partial charge in [-0.2, -0.15) is 0 Å². The smallest absolute Gasteiger partial charge is 0.251 e. The van der Waals surface area contributed by atoms with Gasteiger partial charge in [-0.1, -0.05) is 57.2 Å². The Kier molecular flexibility index (Phi) is 7.53. The van der Waals surface area contributed by atoms with Crippen molar-refractivity contribution in [2.75, 3.05) is 5.32 Å². The first-order valence-corrected chi connectivity index (χ1v) is 11.0. The second kappa shape index (κ2) is 9.67. The Labute approximate surface area is 171 Å². The van der Waals surface area contributed by atoms with Gasteiger partial charge in [0.25, 0.3) is 5.91 Å². The predicted octanol–water partition coefficient (Wildman–Crippen LogP) is 2.74. The van der Waals surface area contributed by atoms with Gasteiger partial charge in [-0.05, 0) is 35.6 Å². The third kappa shape index (κ3) is 6.40. The van der Waals surface area contributed by atoms with Gasteiger partial charge in [-0.3, -0.25) is 9.59 Å². The third-order valence-corrected chi connectivity index (χ3v) is 5.31. The summed E-state index contributed by atoms with van der Waals surface area (Å²) in [5.41, 5.74) is 1.48. The van der Waals surface area contributed by atoms with Crippen LogP contribution >= 0.6 is 0 Å². The van der Waals surface area contributed by atoms with Crippen molar-refractivity contribution in [1.29, 1.82) is 0 Å². The fraction of sp³-hybridized carbons (Fsp3) is 0.333. The molecule has 2 rings (SSSR count). The summed E-state index contributed by atoms with van der Waals surface area (Å²) in [4.78, 5) is 25.2. The van der Waals surface area contributed by atoms with E-state index in [0.717, 1.165) is 0 Å². The fourth-order valence-corrected chi connectivity index (χ4v) is 3.81. The number of amides is 2. The van der Waals surface area contributed by atoms with Gasteiger partial charge in [0.05, 0.1) is 4.90 Å². The highest BCUT2D eigenvalue weighted by Gasteiger charge is 2.24. The molecule has 0 radical (unpaired) electrons. The quantitative estimate of drug-likeness (QED) is 0.612. The number of rotatable bonds is 8. The number of nitrogens with one attached hydrogen (secondary N) is 2. The molecule has 8 heteroatoms. The second-order valence-electron chi connectivity index (χ2n) is 7.22. The number of primary sulfonamides is 1. The normalized spacial score (nSPS) is 12.4. The average Bonchev–Trinajstić information content (AvgIpc) is 2.65. The Morgan fingerprint density at radius 1 is 1.07 bits per heavy atom. The van der Waals surface area contributed by atoms with Gasteiger partial charge in [0.15, 0.2) is 0 Å². The number of anilines is 1. The fourth-order valence-electron chi connectivity index (χ4n) is 2.94. The lowest BCUT2D eigenvalue weighted by Gasteiger charge is -2.20. The average molecular weight is 418 g/mol. The molecule has 0 heterocycles. The van der Waals surface area contributed by atoms with E-state index in [-0.39, 0.29) is 28.8 Å². The van der Waals surface area contributed by atoms with Crippen molar-refractivity contribution in [3.8, 4) is 0 Å². The minimum Gasteiger partial charge on any atom is -0.341 e. The predicted molar refractivity (Wildman–Crippen MR) is 113 cm³/mol. The number of nitrogens with two attached hydrogens (primary N) is 1. The van der Waals surface area contributed by atoms with E-state index in [1.54, 1.807) is 36.4 Å². The summed E-state index contributed by atoms with van der Waals surface area (Å²) >= 11 is 0. The van der Waals surface area contributed by atoms with Crippen LogP contribution in [0.5, 0.6) is 0 Å². The molecule has 0 fully saturated rings. The van der Waals surface area contributed by atoms with Crippen LogP contribution in [0.2, 0.25) is 0 Å². The summed E-state index contributed by atoms with van der Waals surface area (Å²) in [7, 11) is -3.93. The van der Waals surface area contributed by atoms with Gasteiger partial charge in [0.1, 0.15) is 6.04 Å². The van der Waals surface area contributed by atoms with Crippen LogP contribution < -0.4 is 15.8 Å². The number of carbonyl (C=O) groups excluding carboxylic acids is 2. The maximum atomic E-state index is 12.9.